The lowest BCUT2D eigenvalue weighted by Crippen LogP contribution is -2.20. The van der Waals surface area contributed by atoms with E-state index in [1.54, 1.807) is 30.3 Å². The van der Waals surface area contributed by atoms with Crippen LogP contribution in [0.25, 0.3) is 6.08 Å². The number of halogens is 2. The Balaban J connectivity index is 2.06. The van der Waals surface area contributed by atoms with Gasteiger partial charge in [-0.15, -0.1) is 0 Å². The van der Waals surface area contributed by atoms with Crippen LogP contribution in [0.1, 0.15) is 21.5 Å². The van der Waals surface area contributed by atoms with Gasteiger partial charge in [0.2, 0.25) is 11.8 Å². The minimum absolute atomic E-state index is 0.126. The Morgan fingerprint density at radius 2 is 1.96 bits per heavy atom. The Labute approximate surface area is 154 Å². The molecule has 3 N–H and O–H groups in total. The van der Waals surface area contributed by atoms with Crippen LogP contribution in [0.3, 0.4) is 0 Å². The predicted octanol–water partition coefficient (Wildman–Crippen LogP) is 2.73. The van der Waals surface area contributed by atoms with Gasteiger partial charge in [0.25, 0.3) is 0 Å². The number of alkyl halides is 2. The standard InChI is InChI=1S/C19H18F2N2O4/c1-26-15-7-3-5-13(17(15)27-19(20)21)8-9-16(24)23-11-12-4-2-6-14(10-12)18(22)25/h2-10,19H,11H2,1H3,(H2,22,25)(H,23,24)/b9-8+. The van der Waals surface area contributed by atoms with E-state index in [2.05, 4.69) is 10.1 Å². The molecule has 2 aromatic carbocycles. The first-order chi connectivity index (χ1) is 12.9. The molecule has 6 nitrogen and oxygen atoms in total. The average Bonchev–Trinajstić information content (AvgIpc) is 2.65. The number of nitrogens with two attached hydrogens (primary N) is 1. The molecule has 142 valence electrons. The van der Waals surface area contributed by atoms with Crippen molar-refractivity contribution in [3.8, 4) is 11.5 Å². The van der Waals surface area contributed by atoms with E-state index in [1.165, 1.54) is 31.4 Å². The van der Waals surface area contributed by atoms with Crippen molar-refractivity contribution in [2.24, 2.45) is 5.73 Å². The molecule has 27 heavy (non-hydrogen) atoms. The Kier molecular flexibility index (Phi) is 6.87. The highest BCUT2D eigenvalue weighted by Crippen LogP contribution is 2.33. The number of ether oxygens (including phenoxy) is 2. The summed E-state index contributed by atoms with van der Waals surface area (Å²) >= 11 is 0. The van der Waals surface area contributed by atoms with Gasteiger partial charge in [0.15, 0.2) is 11.5 Å². The van der Waals surface area contributed by atoms with E-state index in [9.17, 15) is 18.4 Å². The fraction of sp³-hybridized carbons (Fsp3) is 0.158. The molecule has 0 aliphatic carbocycles. The van der Waals surface area contributed by atoms with Crippen LogP contribution in [0, 0.1) is 0 Å². The number of hydrogen-bond acceptors (Lipinski definition) is 4. The van der Waals surface area contributed by atoms with E-state index >= 15 is 0 Å². The molecule has 8 heteroatoms. The van der Waals surface area contributed by atoms with Crippen LogP contribution < -0.4 is 20.5 Å². The number of carbonyl (C=O) groups excluding carboxylic acids is 2. The fourth-order valence-electron chi connectivity index (χ4n) is 2.29. The SMILES string of the molecule is COc1cccc(/C=C/C(=O)NCc2cccc(C(N)=O)c2)c1OC(F)F. The third kappa shape index (κ3) is 5.81. The number of para-hydroxylation sites is 1. The Hall–Kier alpha value is -3.42. The van der Waals surface area contributed by atoms with Gasteiger partial charge in [-0.1, -0.05) is 24.3 Å². The minimum atomic E-state index is -3.03. The molecule has 2 amide bonds. The molecular formula is C19H18F2N2O4. The van der Waals surface area contributed by atoms with Gasteiger partial charge in [0.05, 0.1) is 7.11 Å². The van der Waals surface area contributed by atoms with Gasteiger partial charge in [0.1, 0.15) is 0 Å². The van der Waals surface area contributed by atoms with Gasteiger partial charge in [-0.2, -0.15) is 8.78 Å². The quantitative estimate of drug-likeness (QED) is 0.693. The van der Waals surface area contributed by atoms with Gasteiger partial charge >= 0.3 is 6.61 Å². The van der Waals surface area contributed by atoms with Crippen molar-refractivity contribution in [3.63, 3.8) is 0 Å². The second-order valence-electron chi connectivity index (χ2n) is 5.37. The van der Waals surface area contributed by atoms with Crippen LogP contribution in [-0.4, -0.2) is 25.5 Å². The van der Waals surface area contributed by atoms with Crippen LogP contribution in [0.2, 0.25) is 0 Å². The summed E-state index contributed by atoms with van der Waals surface area (Å²) in [4.78, 5) is 23.1. The smallest absolute Gasteiger partial charge is 0.387 e. The van der Waals surface area contributed by atoms with Crippen LogP contribution in [0.5, 0.6) is 11.5 Å². The van der Waals surface area contributed by atoms with Crippen LogP contribution in [0.15, 0.2) is 48.5 Å². The lowest BCUT2D eigenvalue weighted by atomic mass is 10.1. The van der Waals surface area contributed by atoms with Crippen LogP contribution in [-0.2, 0) is 11.3 Å². The highest BCUT2D eigenvalue weighted by molar-refractivity contribution is 5.93. The van der Waals surface area contributed by atoms with E-state index in [0.717, 1.165) is 0 Å². The summed E-state index contributed by atoms with van der Waals surface area (Å²) < 4.78 is 34.7. The molecule has 2 rings (SSSR count). The maximum Gasteiger partial charge on any atom is 0.387 e. The molecule has 0 fully saturated rings. The molecule has 0 bridgehead atoms. The van der Waals surface area contributed by atoms with E-state index < -0.39 is 18.4 Å². The maximum atomic E-state index is 12.6. The second-order valence-corrected chi connectivity index (χ2v) is 5.37. The summed E-state index contributed by atoms with van der Waals surface area (Å²) in [6.07, 6.45) is 2.53. The summed E-state index contributed by atoms with van der Waals surface area (Å²) in [6.45, 7) is -2.86. The van der Waals surface area contributed by atoms with Crippen LogP contribution >= 0.6 is 0 Å². The first kappa shape index (κ1) is 19.9. The maximum absolute atomic E-state index is 12.6. The van der Waals surface area contributed by atoms with Gasteiger partial charge in [-0.3, -0.25) is 9.59 Å². The first-order valence-corrected chi connectivity index (χ1v) is 7.87. The van der Waals surface area contributed by atoms with E-state index in [0.29, 0.717) is 11.1 Å². The van der Waals surface area contributed by atoms with Crippen molar-refractivity contribution in [1.29, 1.82) is 0 Å². The van der Waals surface area contributed by atoms with E-state index in [4.69, 9.17) is 10.5 Å². The number of carbonyl (C=O) groups is 2. The molecule has 0 aliphatic heterocycles. The third-order valence-corrected chi connectivity index (χ3v) is 3.53. The molecule has 0 heterocycles. The number of nitrogens with one attached hydrogen (secondary N) is 1. The van der Waals surface area contributed by atoms with Crippen molar-refractivity contribution in [2.75, 3.05) is 7.11 Å². The second kappa shape index (κ2) is 9.33. The summed E-state index contributed by atoms with van der Waals surface area (Å²) in [5.74, 6) is -1.05. The predicted molar refractivity (Wildman–Crippen MR) is 95.5 cm³/mol. The Bertz CT molecular complexity index is 853. The normalized spacial score (nSPS) is 10.8. The molecular weight excluding hydrogens is 358 g/mol. The highest BCUT2D eigenvalue weighted by atomic mass is 19.3. The highest BCUT2D eigenvalue weighted by Gasteiger charge is 2.14. The molecule has 0 spiro atoms. The van der Waals surface area contributed by atoms with Crippen molar-refractivity contribution in [1.82, 2.24) is 5.32 Å². The molecule has 2 aromatic rings. The lowest BCUT2D eigenvalue weighted by molar-refractivity contribution is -0.116. The number of hydrogen-bond donors (Lipinski definition) is 2. The topological polar surface area (TPSA) is 90.6 Å². The largest absolute Gasteiger partial charge is 0.493 e. The third-order valence-electron chi connectivity index (χ3n) is 3.53. The van der Waals surface area contributed by atoms with Gasteiger partial charge < -0.3 is 20.5 Å². The molecule has 0 atom stereocenters. The van der Waals surface area contributed by atoms with Gasteiger partial charge in [-0.25, -0.2) is 0 Å². The van der Waals surface area contributed by atoms with Crippen molar-refractivity contribution >= 4 is 17.9 Å². The Morgan fingerprint density at radius 1 is 1.22 bits per heavy atom. The zero-order chi connectivity index (χ0) is 19.8. The summed E-state index contributed by atoms with van der Waals surface area (Å²) in [7, 11) is 1.33. The van der Waals surface area contributed by atoms with Gasteiger partial charge in [0, 0.05) is 23.7 Å². The number of amides is 2. The molecule has 0 saturated heterocycles. The summed E-state index contributed by atoms with van der Waals surface area (Å²) in [5.41, 5.74) is 6.50. The Morgan fingerprint density at radius 3 is 2.63 bits per heavy atom. The van der Waals surface area contributed by atoms with Crippen LogP contribution in [0.4, 0.5) is 8.78 Å². The zero-order valence-electron chi connectivity index (χ0n) is 14.4. The number of methoxy groups -OCH3 is 1. The van der Waals surface area contributed by atoms with Gasteiger partial charge in [-0.05, 0) is 29.8 Å². The fourth-order valence-corrected chi connectivity index (χ4v) is 2.29. The number of primary amides is 1. The molecule has 0 aromatic heterocycles. The van der Waals surface area contributed by atoms with E-state index in [-0.39, 0.29) is 23.6 Å². The summed E-state index contributed by atoms with van der Waals surface area (Å²) in [6, 6.07) is 11.1. The van der Waals surface area contributed by atoms with Crippen molar-refractivity contribution in [2.45, 2.75) is 13.2 Å². The number of rotatable bonds is 8. The molecule has 0 unspecified atom stereocenters. The summed E-state index contributed by atoms with van der Waals surface area (Å²) in [5, 5.41) is 2.63. The molecule has 0 radical (unpaired) electrons. The molecule has 0 saturated carbocycles. The minimum Gasteiger partial charge on any atom is -0.493 e. The number of benzene rings is 2. The van der Waals surface area contributed by atoms with Crippen molar-refractivity contribution < 1.29 is 27.8 Å². The van der Waals surface area contributed by atoms with Crippen molar-refractivity contribution in [3.05, 3.63) is 65.2 Å². The molecule has 0 aliphatic rings. The lowest BCUT2D eigenvalue weighted by Gasteiger charge is -2.12. The zero-order valence-corrected chi connectivity index (χ0v) is 14.4. The first-order valence-electron chi connectivity index (χ1n) is 7.87. The van der Waals surface area contributed by atoms with E-state index in [1.807, 2.05) is 0 Å². The average molecular weight is 376 g/mol. The monoisotopic (exact) mass is 376 g/mol.